The third kappa shape index (κ3) is 10.5. The number of rotatable bonds is 13. The van der Waals surface area contributed by atoms with Crippen LogP contribution < -0.4 is 5.32 Å². The molecule has 0 heterocycles. The van der Waals surface area contributed by atoms with E-state index in [4.69, 9.17) is 4.74 Å². The molecule has 0 unspecified atom stereocenters. The maximum Gasteiger partial charge on any atom is 0.307 e. The molecule has 0 radical (unpaired) electrons. The van der Waals surface area contributed by atoms with Gasteiger partial charge in [-0.25, -0.2) is 4.39 Å². The minimum Gasteiger partial charge on any atom is -0.466 e. The standard InChI is InChI=1S/C20H30FNO3/c1-2-3-4-5-6-7-8-9-15-25-19(23)13-14-22-20(24)17-11-10-12-18(21)16-17/h10-12,16H,2-9,13-15H2,1H3,(H,22,24). The van der Waals surface area contributed by atoms with Crippen LogP contribution in [0.1, 0.15) is 75.1 Å². The van der Waals surface area contributed by atoms with Gasteiger partial charge in [0, 0.05) is 12.1 Å². The third-order valence-corrected chi connectivity index (χ3v) is 3.96. The Kier molecular flexibility index (Phi) is 11.3. The van der Waals surface area contributed by atoms with E-state index >= 15 is 0 Å². The van der Waals surface area contributed by atoms with Gasteiger partial charge in [0.2, 0.25) is 0 Å². The summed E-state index contributed by atoms with van der Waals surface area (Å²) in [4.78, 5) is 23.4. The summed E-state index contributed by atoms with van der Waals surface area (Å²) in [5.41, 5.74) is 0.243. The zero-order valence-corrected chi connectivity index (χ0v) is 15.2. The van der Waals surface area contributed by atoms with E-state index in [0.29, 0.717) is 6.61 Å². The second-order valence-corrected chi connectivity index (χ2v) is 6.21. The number of unbranched alkanes of at least 4 members (excludes halogenated alkanes) is 7. The van der Waals surface area contributed by atoms with Crippen LogP contribution in [0.25, 0.3) is 0 Å². The number of carbonyl (C=O) groups excluding carboxylic acids is 2. The lowest BCUT2D eigenvalue weighted by molar-refractivity contribution is -0.143. The van der Waals surface area contributed by atoms with Gasteiger partial charge in [-0.05, 0) is 24.6 Å². The number of hydrogen-bond acceptors (Lipinski definition) is 3. The molecule has 0 aliphatic carbocycles. The summed E-state index contributed by atoms with van der Waals surface area (Å²) < 4.78 is 18.2. The Morgan fingerprint density at radius 3 is 2.40 bits per heavy atom. The number of benzene rings is 1. The van der Waals surface area contributed by atoms with Crippen LogP contribution in [0.5, 0.6) is 0 Å². The van der Waals surface area contributed by atoms with Crippen molar-refractivity contribution in [1.82, 2.24) is 5.32 Å². The molecule has 0 atom stereocenters. The van der Waals surface area contributed by atoms with E-state index in [1.807, 2.05) is 0 Å². The number of halogens is 1. The molecular weight excluding hydrogens is 321 g/mol. The van der Waals surface area contributed by atoms with Crippen molar-refractivity contribution in [3.05, 3.63) is 35.6 Å². The van der Waals surface area contributed by atoms with Gasteiger partial charge in [0.05, 0.1) is 13.0 Å². The van der Waals surface area contributed by atoms with Gasteiger partial charge >= 0.3 is 5.97 Å². The highest BCUT2D eigenvalue weighted by Crippen LogP contribution is 2.08. The first-order valence-electron chi connectivity index (χ1n) is 9.33. The summed E-state index contributed by atoms with van der Waals surface area (Å²) in [6.07, 6.45) is 9.70. The van der Waals surface area contributed by atoms with E-state index in [9.17, 15) is 14.0 Å². The first-order valence-corrected chi connectivity index (χ1v) is 9.33. The van der Waals surface area contributed by atoms with Crippen LogP contribution in [0.4, 0.5) is 4.39 Å². The third-order valence-electron chi connectivity index (χ3n) is 3.96. The maximum absolute atomic E-state index is 13.0. The lowest BCUT2D eigenvalue weighted by Gasteiger charge is -2.07. The van der Waals surface area contributed by atoms with E-state index < -0.39 is 11.7 Å². The van der Waals surface area contributed by atoms with Crippen molar-refractivity contribution in [1.29, 1.82) is 0 Å². The molecule has 0 fully saturated rings. The monoisotopic (exact) mass is 351 g/mol. The van der Waals surface area contributed by atoms with Crippen LogP contribution in [0.2, 0.25) is 0 Å². The normalized spacial score (nSPS) is 10.5. The molecule has 140 valence electrons. The second-order valence-electron chi connectivity index (χ2n) is 6.21. The molecule has 1 aromatic rings. The lowest BCUT2D eigenvalue weighted by Crippen LogP contribution is -2.26. The van der Waals surface area contributed by atoms with Crippen molar-refractivity contribution in [3.63, 3.8) is 0 Å². The Bertz CT molecular complexity index is 519. The molecule has 1 rings (SSSR count). The average Bonchev–Trinajstić information content (AvgIpc) is 2.60. The van der Waals surface area contributed by atoms with Gasteiger partial charge < -0.3 is 10.1 Å². The molecule has 5 heteroatoms. The first-order chi connectivity index (χ1) is 12.1. The van der Waals surface area contributed by atoms with Gasteiger partial charge in [0.25, 0.3) is 5.91 Å². The largest absolute Gasteiger partial charge is 0.466 e. The Morgan fingerprint density at radius 1 is 1.04 bits per heavy atom. The van der Waals surface area contributed by atoms with Gasteiger partial charge in [0.1, 0.15) is 5.82 Å². The molecule has 0 aliphatic rings. The zero-order chi connectivity index (χ0) is 18.3. The number of nitrogens with one attached hydrogen (secondary N) is 1. The van der Waals surface area contributed by atoms with Crippen LogP contribution in [0.3, 0.4) is 0 Å². The molecule has 0 bridgehead atoms. The van der Waals surface area contributed by atoms with Crippen LogP contribution in [-0.4, -0.2) is 25.0 Å². The SMILES string of the molecule is CCCCCCCCCCOC(=O)CCNC(=O)c1cccc(F)c1. The molecule has 4 nitrogen and oxygen atoms in total. The van der Waals surface area contributed by atoms with E-state index in [0.717, 1.165) is 18.9 Å². The first kappa shape index (κ1) is 21.1. The Hall–Kier alpha value is -1.91. The molecule has 1 amide bonds. The molecule has 0 saturated carbocycles. The van der Waals surface area contributed by atoms with Crippen molar-refractivity contribution in [2.45, 2.75) is 64.7 Å². The average molecular weight is 351 g/mol. The summed E-state index contributed by atoms with van der Waals surface area (Å²) in [5, 5.41) is 2.59. The molecule has 0 aromatic heterocycles. The van der Waals surface area contributed by atoms with Crippen molar-refractivity contribution < 1.29 is 18.7 Å². The molecular formula is C20H30FNO3. The van der Waals surface area contributed by atoms with Gasteiger partial charge in [-0.2, -0.15) is 0 Å². The maximum atomic E-state index is 13.0. The van der Waals surface area contributed by atoms with Crippen LogP contribution >= 0.6 is 0 Å². The molecule has 0 spiro atoms. The highest BCUT2D eigenvalue weighted by atomic mass is 19.1. The number of hydrogen-bond donors (Lipinski definition) is 1. The van der Waals surface area contributed by atoms with Crippen LogP contribution in [0.15, 0.2) is 24.3 Å². The summed E-state index contributed by atoms with van der Waals surface area (Å²) in [6.45, 7) is 2.83. The van der Waals surface area contributed by atoms with Gasteiger partial charge in [-0.3, -0.25) is 9.59 Å². The predicted molar refractivity (Wildman–Crippen MR) is 96.9 cm³/mol. The fourth-order valence-corrected chi connectivity index (χ4v) is 2.50. The fourth-order valence-electron chi connectivity index (χ4n) is 2.50. The van der Waals surface area contributed by atoms with Crippen molar-refractivity contribution in [2.24, 2.45) is 0 Å². The molecule has 25 heavy (non-hydrogen) atoms. The van der Waals surface area contributed by atoms with E-state index in [1.165, 1.54) is 56.7 Å². The molecule has 1 N–H and O–H groups in total. The minimum atomic E-state index is -0.461. The molecule has 0 saturated heterocycles. The topological polar surface area (TPSA) is 55.4 Å². The molecule has 0 aliphatic heterocycles. The number of amides is 1. The number of carbonyl (C=O) groups is 2. The van der Waals surface area contributed by atoms with Crippen molar-refractivity contribution >= 4 is 11.9 Å². The van der Waals surface area contributed by atoms with Gasteiger partial charge in [-0.15, -0.1) is 0 Å². The summed E-state index contributed by atoms with van der Waals surface area (Å²) in [7, 11) is 0. The van der Waals surface area contributed by atoms with E-state index in [-0.39, 0.29) is 24.5 Å². The Morgan fingerprint density at radius 2 is 1.72 bits per heavy atom. The Balaban J connectivity index is 1.99. The molecule has 1 aromatic carbocycles. The highest BCUT2D eigenvalue weighted by molar-refractivity contribution is 5.94. The quantitative estimate of drug-likeness (QED) is 0.416. The zero-order valence-electron chi connectivity index (χ0n) is 15.2. The highest BCUT2D eigenvalue weighted by Gasteiger charge is 2.08. The summed E-state index contributed by atoms with van der Waals surface area (Å²) >= 11 is 0. The predicted octanol–water partition coefficient (Wildman–Crippen LogP) is 4.63. The number of esters is 1. The minimum absolute atomic E-state index is 0.123. The van der Waals surface area contributed by atoms with E-state index in [1.54, 1.807) is 0 Å². The Labute approximate surface area is 150 Å². The lowest BCUT2D eigenvalue weighted by atomic mass is 10.1. The van der Waals surface area contributed by atoms with Crippen molar-refractivity contribution in [2.75, 3.05) is 13.2 Å². The fraction of sp³-hybridized carbons (Fsp3) is 0.600. The van der Waals surface area contributed by atoms with Crippen molar-refractivity contribution in [3.8, 4) is 0 Å². The smallest absolute Gasteiger partial charge is 0.307 e. The van der Waals surface area contributed by atoms with Gasteiger partial charge in [0.15, 0.2) is 0 Å². The van der Waals surface area contributed by atoms with Crippen LogP contribution in [-0.2, 0) is 9.53 Å². The van der Waals surface area contributed by atoms with E-state index in [2.05, 4.69) is 12.2 Å². The summed E-state index contributed by atoms with van der Waals surface area (Å²) in [5.74, 6) is -1.17. The number of ether oxygens (including phenoxy) is 1. The second kappa shape index (κ2) is 13.4. The van der Waals surface area contributed by atoms with Gasteiger partial charge in [-0.1, -0.05) is 57.9 Å². The van der Waals surface area contributed by atoms with Crippen LogP contribution in [0, 0.1) is 5.82 Å². The summed E-state index contributed by atoms with van der Waals surface area (Å²) in [6, 6.07) is 5.44.